The number of aliphatic hydroxyl groups excluding tert-OH is 1. The van der Waals surface area contributed by atoms with Crippen molar-refractivity contribution >= 4 is 5.91 Å². The fourth-order valence-electron chi connectivity index (χ4n) is 4.26. The minimum Gasteiger partial charge on any atom is -0.386 e. The Kier molecular flexibility index (Phi) is 2.90. The molecule has 7 heteroatoms. The van der Waals surface area contributed by atoms with Crippen LogP contribution in [0.4, 0.5) is 0 Å². The minimum atomic E-state index is -0.722. The van der Waals surface area contributed by atoms with Gasteiger partial charge in [-0.25, -0.2) is 4.98 Å². The molecule has 2 aliphatic rings. The molecule has 1 aromatic carbocycles. The molecule has 3 N–H and O–H groups in total. The number of carbonyl (C=O) groups is 1. The standard InChI is InChI=1S/C18H17N5O2/c19-18(25)13-7-14-17(24)12(5-6-23(14)21-13)16-11-4-2-1-3-10(11)15-8-20-9-22(15)16/h1-4,7-9,12,16-17,24H,5-6H2,(H2,19,25). The SMILES string of the molecule is NC(=O)c1cc2n(n1)CCC(C1c3ccccc3-c3cncn31)C2O. The van der Waals surface area contributed by atoms with Crippen LogP contribution in [-0.2, 0) is 6.54 Å². The van der Waals surface area contributed by atoms with Gasteiger partial charge in [0.25, 0.3) is 5.91 Å². The molecule has 0 saturated carbocycles. The zero-order chi connectivity index (χ0) is 17.1. The Balaban J connectivity index is 1.59. The molecule has 5 rings (SSSR count). The topological polar surface area (TPSA) is 99.0 Å². The van der Waals surface area contributed by atoms with Crippen molar-refractivity contribution < 1.29 is 9.90 Å². The first-order valence-electron chi connectivity index (χ1n) is 8.32. The third-order valence-corrected chi connectivity index (χ3v) is 5.37. The molecular weight excluding hydrogens is 318 g/mol. The van der Waals surface area contributed by atoms with Crippen LogP contribution in [0.3, 0.4) is 0 Å². The summed E-state index contributed by atoms with van der Waals surface area (Å²) in [7, 11) is 0. The second-order valence-corrected chi connectivity index (χ2v) is 6.66. The Bertz CT molecular complexity index is 989. The summed E-state index contributed by atoms with van der Waals surface area (Å²) in [4.78, 5) is 15.7. The number of amides is 1. The number of fused-ring (bicyclic) bond motifs is 4. The number of primary amides is 1. The highest BCUT2D eigenvalue weighted by Crippen LogP contribution is 2.48. The van der Waals surface area contributed by atoms with Gasteiger partial charge in [0.15, 0.2) is 0 Å². The van der Waals surface area contributed by atoms with Gasteiger partial charge in [0.1, 0.15) is 11.8 Å². The fourth-order valence-corrected chi connectivity index (χ4v) is 4.26. The predicted octanol–water partition coefficient (Wildman–Crippen LogP) is 1.50. The first-order valence-corrected chi connectivity index (χ1v) is 8.32. The minimum absolute atomic E-state index is 0.0179. The highest BCUT2D eigenvalue weighted by Gasteiger charge is 2.41. The van der Waals surface area contributed by atoms with Gasteiger partial charge in [-0.15, -0.1) is 0 Å². The number of aromatic nitrogens is 4. The van der Waals surface area contributed by atoms with E-state index in [1.54, 1.807) is 10.7 Å². The van der Waals surface area contributed by atoms with Crippen LogP contribution < -0.4 is 5.73 Å². The van der Waals surface area contributed by atoms with Crippen LogP contribution >= 0.6 is 0 Å². The Labute approximate surface area is 143 Å². The lowest BCUT2D eigenvalue weighted by Crippen LogP contribution is -2.31. The van der Waals surface area contributed by atoms with E-state index in [2.05, 4.69) is 26.8 Å². The van der Waals surface area contributed by atoms with Gasteiger partial charge >= 0.3 is 0 Å². The first-order chi connectivity index (χ1) is 12.1. The lowest BCUT2D eigenvalue weighted by atomic mass is 9.83. The van der Waals surface area contributed by atoms with E-state index in [1.807, 2.05) is 24.7 Å². The summed E-state index contributed by atoms with van der Waals surface area (Å²) in [6.07, 6.45) is 3.72. The highest BCUT2D eigenvalue weighted by molar-refractivity contribution is 5.90. The van der Waals surface area contributed by atoms with Gasteiger partial charge < -0.3 is 15.4 Å². The Morgan fingerprint density at radius 1 is 1.32 bits per heavy atom. The van der Waals surface area contributed by atoms with Crippen molar-refractivity contribution in [3.05, 3.63) is 59.8 Å². The maximum absolute atomic E-state index is 11.4. The maximum atomic E-state index is 11.4. The molecule has 0 aliphatic carbocycles. The summed E-state index contributed by atoms with van der Waals surface area (Å²) in [6.45, 7) is 0.646. The fraction of sp³-hybridized carbons (Fsp3) is 0.278. The zero-order valence-electron chi connectivity index (χ0n) is 13.4. The summed E-state index contributed by atoms with van der Waals surface area (Å²) >= 11 is 0. The first kappa shape index (κ1) is 14.4. The number of hydrogen-bond acceptors (Lipinski definition) is 4. The summed E-state index contributed by atoms with van der Waals surface area (Å²) < 4.78 is 3.83. The van der Waals surface area contributed by atoms with Crippen LogP contribution in [-0.4, -0.2) is 30.3 Å². The van der Waals surface area contributed by atoms with E-state index in [-0.39, 0.29) is 17.7 Å². The summed E-state index contributed by atoms with van der Waals surface area (Å²) in [5.74, 6) is -0.602. The number of carbonyl (C=O) groups excluding carboxylic acids is 1. The summed E-state index contributed by atoms with van der Waals surface area (Å²) in [5, 5.41) is 15.2. The van der Waals surface area contributed by atoms with E-state index >= 15 is 0 Å². The molecule has 3 aromatic rings. The Hall–Kier alpha value is -2.93. The predicted molar refractivity (Wildman–Crippen MR) is 89.6 cm³/mol. The largest absolute Gasteiger partial charge is 0.386 e. The molecule has 4 heterocycles. The van der Waals surface area contributed by atoms with E-state index in [0.717, 1.165) is 17.7 Å². The van der Waals surface area contributed by atoms with Crippen molar-refractivity contribution in [1.82, 2.24) is 19.3 Å². The molecule has 3 unspecified atom stereocenters. The second kappa shape index (κ2) is 5.03. The van der Waals surface area contributed by atoms with E-state index < -0.39 is 12.0 Å². The highest BCUT2D eigenvalue weighted by atomic mass is 16.3. The molecule has 2 aromatic heterocycles. The molecule has 0 saturated heterocycles. The number of rotatable bonds is 2. The van der Waals surface area contributed by atoms with Gasteiger partial charge in [-0.1, -0.05) is 24.3 Å². The number of imidazole rings is 1. The number of nitrogens with two attached hydrogens (primary N) is 1. The lowest BCUT2D eigenvalue weighted by Gasteiger charge is -2.34. The molecule has 0 spiro atoms. The van der Waals surface area contributed by atoms with Crippen LogP contribution in [0.25, 0.3) is 11.3 Å². The van der Waals surface area contributed by atoms with Crippen molar-refractivity contribution in [3.63, 3.8) is 0 Å². The molecular formula is C18H17N5O2. The number of hydrogen-bond donors (Lipinski definition) is 2. The van der Waals surface area contributed by atoms with E-state index in [4.69, 9.17) is 5.73 Å². The van der Waals surface area contributed by atoms with Gasteiger partial charge in [-0.2, -0.15) is 5.10 Å². The average molecular weight is 335 g/mol. The van der Waals surface area contributed by atoms with Crippen LogP contribution in [0.15, 0.2) is 42.9 Å². The zero-order valence-corrected chi connectivity index (χ0v) is 13.4. The van der Waals surface area contributed by atoms with Gasteiger partial charge in [-0.05, 0) is 18.1 Å². The monoisotopic (exact) mass is 335 g/mol. The molecule has 126 valence electrons. The third kappa shape index (κ3) is 1.93. The Morgan fingerprint density at radius 3 is 3.00 bits per heavy atom. The van der Waals surface area contributed by atoms with Crippen LogP contribution in [0.1, 0.15) is 40.3 Å². The molecule has 0 radical (unpaired) electrons. The van der Waals surface area contributed by atoms with Gasteiger partial charge in [0.05, 0.1) is 30.0 Å². The van der Waals surface area contributed by atoms with Crippen molar-refractivity contribution in [2.45, 2.75) is 25.1 Å². The molecule has 2 aliphatic heterocycles. The summed E-state index contributed by atoms with van der Waals surface area (Å²) in [6, 6.07) is 9.87. The van der Waals surface area contributed by atoms with Crippen molar-refractivity contribution in [2.75, 3.05) is 0 Å². The molecule has 7 nitrogen and oxygen atoms in total. The van der Waals surface area contributed by atoms with Crippen molar-refractivity contribution in [3.8, 4) is 11.3 Å². The van der Waals surface area contributed by atoms with E-state index in [9.17, 15) is 9.90 Å². The molecule has 1 amide bonds. The lowest BCUT2D eigenvalue weighted by molar-refractivity contribution is 0.0525. The number of aryl methyl sites for hydroxylation is 1. The number of aliphatic hydroxyl groups is 1. The Morgan fingerprint density at radius 2 is 2.16 bits per heavy atom. The third-order valence-electron chi connectivity index (χ3n) is 5.37. The second-order valence-electron chi connectivity index (χ2n) is 6.66. The van der Waals surface area contributed by atoms with Gasteiger partial charge in [-0.3, -0.25) is 9.48 Å². The van der Waals surface area contributed by atoms with Crippen molar-refractivity contribution in [2.24, 2.45) is 11.7 Å². The van der Waals surface area contributed by atoms with Crippen LogP contribution in [0, 0.1) is 5.92 Å². The molecule has 0 bridgehead atoms. The smallest absolute Gasteiger partial charge is 0.269 e. The molecule has 3 atom stereocenters. The average Bonchev–Trinajstić information content (AvgIpc) is 3.29. The normalized spacial score (nSPS) is 23.8. The van der Waals surface area contributed by atoms with Gasteiger partial charge in [0, 0.05) is 18.0 Å². The maximum Gasteiger partial charge on any atom is 0.269 e. The summed E-state index contributed by atoms with van der Waals surface area (Å²) in [5.41, 5.74) is 9.62. The molecule has 0 fully saturated rings. The van der Waals surface area contributed by atoms with E-state index in [1.165, 1.54) is 5.56 Å². The van der Waals surface area contributed by atoms with Crippen LogP contribution in [0.5, 0.6) is 0 Å². The van der Waals surface area contributed by atoms with E-state index in [0.29, 0.717) is 12.2 Å². The van der Waals surface area contributed by atoms with Gasteiger partial charge in [0.2, 0.25) is 0 Å². The number of benzene rings is 1. The quantitative estimate of drug-likeness (QED) is 0.741. The van der Waals surface area contributed by atoms with Crippen LogP contribution in [0.2, 0.25) is 0 Å². The van der Waals surface area contributed by atoms with Crippen molar-refractivity contribution in [1.29, 1.82) is 0 Å². The molecule has 25 heavy (non-hydrogen) atoms. The number of nitrogens with zero attached hydrogens (tertiary/aromatic N) is 4.